The Bertz CT molecular complexity index is 719. The number of carbonyl (C=O) groups is 1. The van der Waals surface area contributed by atoms with E-state index in [9.17, 15) is 18.3 Å². The summed E-state index contributed by atoms with van der Waals surface area (Å²) in [6.45, 7) is 3.60. The van der Waals surface area contributed by atoms with Crippen molar-refractivity contribution in [1.29, 1.82) is 0 Å². The van der Waals surface area contributed by atoms with Gasteiger partial charge in [0.2, 0.25) is 10.0 Å². The molecule has 1 aromatic rings. The van der Waals surface area contributed by atoms with Crippen LogP contribution in [0.5, 0.6) is 5.75 Å². The molecule has 0 unspecified atom stereocenters. The smallest absolute Gasteiger partial charge is 0.308 e. The van der Waals surface area contributed by atoms with E-state index in [0.717, 1.165) is 0 Å². The molecule has 0 aromatic heterocycles. The van der Waals surface area contributed by atoms with Crippen molar-refractivity contribution in [3.05, 3.63) is 22.7 Å². The summed E-state index contributed by atoms with van der Waals surface area (Å²) in [4.78, 5) is 11.4. The third kappa shape index (κ3) is 3.32. The zero-order valence-corrected chi connectivity index (χ0v) is 14.8. The Kier molecular flexibility index (Phi) is 5.23. The van der Waals surface area contributed by atoms with Crippen LogP contribution in [0.25, 0.3) is 0 Å². The lowest BCUT2D eigenvalue weighted by Crippen LogP contribution is -2.49. The van der Waals surface area contributed by atoms with E-state index in [2.05, 4.69) is 0 Å². The molecule has 6 nitrogen and oxygen atoms in total. The van der Waals surface area contributed by atoms with E-state index < -0.39 is 28.0 Å². The minimum absolute atomic E-state index is 0.0844. The van der Waals surface area contributed by atoms with Crippen molar-refractivity contribution in [2.75, 3.05) is 13.7 Å². The van der Waals surface area contributed by atoms with Crippen LogP contribution >= 0.6 is 11.6 Å². The number of halogens is 1. The second-order valence-electron chi connectivity index (χ2n) is 5.70. The van der Waals surface area contributed by atoms with Crippen molar-refractivity contribution in [3.63, 3.8) is 0 Å². The van der Waals surface area contributed by atoms with Gasteiger partial charge in [-0.1, -0.05) is 11.6 Å². The fourth-order valence-electron chi connectivity index (χ4n) is 2.98. The average molecular weight is 362 g/mol. The van der Waals surface area contributed by atoms with E-state index in [0.29, 0.717) is 30.7 Å². The molecule has 8 heteroatoms. The van der Waals surface area contributed by atoms with Crippen LogP contribution in [-0.4, -0.2) is 43.5 Å². The van der Waals surface area contributed by atoms with Gasteiger partial charge in [0.25, 0.3) is 0 Å². The molecule has 1 saturated heterocycles. The lowest BCUT2D eigenvalue weighted by molar-refractivity contribution is -0.144. The quantitative estimate of drug-likeness (QED) is 0.890. The van der Waals surface area contributed by atoms with Gasteiger partial charge in [0.15, 0.2) is 0 Å². The van der Waals surface area contributed by atoms with Gasteiger partial charge in [-0.3, -0.25) is 4.79 Å². The number of aliphatic carboxylic acids is 1. The molecule has 1 fully saturated rings. The van der Waals surface area contributed by atoms with Crippen molar-refractivity contribution in [2.24, 2.45) is 5.92 Å². The molecule has 1 heterocycles. The van der Waals surface area contributed by atoms with E-state index in [-0.39, 0.29) is 9.92 Å². The molecule has 0 bridgehead atoms. The normalized spacial score (nSPS) is 22.8. The SMILES string of the molecule is COc1cc(C)c(S(=O)(=O)N2CCC[C@H](C(=O)O)[C@@H]2C)cc1Cl. The minimum Gasteiger partial charge on any atom is -0.495 e. The van der Waals surface area contributed by atoms with Crippen molar-refractivity contribution in [2.45, 2.75) is 37.6 Å². The molecule has 1 N–H and O–H groups in total. The summed E-state index contributed by atoms with van der Waals surface area (Å²) in [5.41, 5.74) is 0.510. The molecule has 1 aromatic carbocycles. The Morgan fingerprint density at radius 2 is 2.09 bits per heavy atom. The summed E-state index contributed by atoms with van der Waals surface area (Å²) in [5.74, 6) is -1.27. The minimum atomic E-state index is -3.83. The zero-order valence-electron chi connectivity index (χ0n) is 13.2. The van der Waals surface area contributed by atoms with Crippen LogP contribution in [0.1, 0.15) is 25.3 Å². The summed E-state index contributed by atoms with van der Waals surface area (Å²) in [5, 5.41) is 9.48. The number of ether oxygens (including phenoxy) is 1. The summed E-state index contributed by atoms with van der Waals surface area (Å²) in [6, 6.07) is 2.33. The van der Waals surface area contributed by atoms with Crippen LogP contribution in [0.2, 0.25) is 5.02 Å². The van der Waals surface area contributed by atoms with Gasteiger partial charge in [-0.2, -0.15) is 4.31 Å². The molecule has 2 atom stereocenters. The first-order valence-corrected chi connectivity index (χ1v) is 9.10. The predicted octanol–water partition coefficient (Wildman–Crippen LogP) is 2.53. The number of carboxylic acid groups (broad SMARTS) is 1. The monoisotopic (exact) mass is 361 g/mol. The molecule has 0 aliphatic carbocycles. The Balaban J connectivity index is 2.46. The van der Waals surface area contributed by atoms with Gasteiger partial charge in [0, 0.05) is 12.6 Å². The molecular formula is C15H20ClNO5S. The highest BCUT2D eigenvalue weighted by atomic mass is 35.5. The maximum Gasteiger partial charge on any atom is 0.308 e. The highest BCUT2D eigenvalue weighted by Crippen LogP contribution is 2.34. The zero-order chi connectivity index (χ0) is 17.4. The van der Waals surface area contributed by atoms with Crippen LogP contribution in [0.3, 0.4) is 0 Å². The van der Waals surface area contributed by atoms with Gasteiger partial charge in [0.1, 0.15) is 5.75 Å². The molecule has 1 aliphatic heterocycles. The fourth-order valence-corrected chi connectivity index (χ4v) is 5.22. The number of aryl methyl sites for hydroxylation is 1. The maximum atomic E-state index is 13.0. The molecule has 2 rings (SSSR count). The number of benzene rings is 1. The number of hydrogen-bond donors (Lipinski definition) is 1. The molecule has 0 saturated carbocycles. The van der Waals surface area contributed by atoms with Crippen molar-refractivity contribution in [1.82, 2.24) is 4.31 Å². The van der Waals surface area contributed by atoms with Crippen LogP contribution in [0.4, 0.5) is 0 Å². The molecule has 0 radical (unpaired) electrons. The van der Waals surface area contributed by atoms with Crippen LogP contribution < -0.4 is 4.74 Å². The second-order valence-corrected chi connectivity index (χ2v) is 7.96. The topological polar surface area (TPSA) is 83.9 Å². The van der Waals surface area contributed by atoms with E-state index in [1.165, 1.54) is 17.5 Å². The Labute approximate surface area is 141 Å². The first-order chi connectivity index (χ1) is 10.7. The first kappa shape index (κ1) is 18.0. The van der Waals surface area contributed by atoms with Crippen molar-refractivity contribution < 1.29 is 23.1 Å². The Morgan fingerprint density at radius 1 is 1.43 bits per heavy atom. The van der Waals surface area contributed by atoms with E-state index in [1.807, 2.05) is 0 Å². The fraction of sp³-hybridized carbons (Fsp3) is 0.533. The van der Waals surface area contributed by atoms with Gasteiger partial charge in [-0.05, 0) is 44.4 Å². The number of sulfonamides is 1. The van der Waals surface area contributed by atoms with Crippen LogP contribution in [-0.2, 0) is 14.8 Å². The van der Waals surface area contributed by atoms with Gasteiger partial charge in [-0.15, -0.1) is 0 Å². The first-order valence-electron chi connectivity index (χ1n) is 7.29. The predicted molar refractivity (Wildman–Crippen MR) is 86.5 cm³/mol. The van der Waals surface area contributed by atoms with Crippen molar-refractivity contribution in [3.8, 4) is 5.75 Å². The highest BCUT2D eigenvalue weighted by Gasteiger charge is 2.40. The lowest BCUT2D eigenvalue weighted by Gasteiger charge is -2.36. The van der Waals surface area contributed by atoms with Gasteiger partial charge >= 0.3 is 5.97 Å². The highest BCUT2D eigenvalue weighted by molar-refractivity contribution is 7.89. The largest absolute Gasteiger partial charge is 0.495 e. The Hall–Kier alpha value is -1.31. The number of nitrogens with zero attached hydrogens (tertiary/aromatic N) is 1. The standard InChI is InChI=1S/C15H20ClNO5S/c1-9-7-13(22-3)12(16)8-14(9)23(20,21)17-6-4-5-11(10(17)2)15(18)19/h7-8,10-11H,4-6H2,1-3H3,(H,18,19)/t10-,11-/m0/s1. The number of rotatable bonds is 4. The van der Waals surface area contributed by atoms with Gasteiger partial charge in [-0.25, -0.2) is 8.42 Å². The molecular weight excluding hydrogens is 342 g/mol. The Morgan fingerprint density at radius 3 is 2.65 bits per heavy atom. The summed E-state index contributed by atoms with van der Waals surface area (Å²) >= 11 is 6.06. The van der Waals surface area contributed by atoms with Gasteiger partial charge < -0.3 is 9.84 Å². The maximum absolute atomic E-state index is 13.0. The number of hydrogen-bond acceptors (Lipinski definition) is 4. The summed E-state index contributed by atoms with van der Waals surface area (Å²) in [6.07, 6.45) is 0.994. The average Bonchev–Trinajstić information content (AvgIpc) is 2.48. The summed E-state index contributed by atoms with van der Waals surface area (Å²) in [7, 11) is -2.37. The molecule has 1 aliphatic rings. The van der Waals surface area contributed by atoms with E-state index >= 15 is 0 Å². The van der Waals surface area contributed by atoms with E-state index in [1.54, 1.807) is 19.9 Å². The molecule has 128 valence electrons. The third-order valence-electron chi connectivity index (χ3n) is 4.28. The second kappa shape index (κ2) is 6.67. The van der Waals surface area contributed by atoms with E-state index in [4.69, 9.17) is 16.3 Å². The third-order valence-corrected chi connectivity index (χ3v) is 6.71. The van der Waals surface area contributed by atoms with Gasteiger partial charge in [0.05, 0.1) is 22.9 Å². The lowest BCUT2D eigenvalue weighted by atomic mass is 9.92. The van der Waals surface area contributed by atoms with Crippen LogP contribution in [0, 0.1) is 12.8 Å². The number of carboxylic acids is 1. The summed E-state index contributed by atoms with van der Waals surface area (Å²) < 4.78 is 32.3. The number of methoxy groups -OCH3 is 1. The van der Waals surface area contributed by atoms with Crippen molar-refractivity contribution >= 4 is 27.6 Å². The van der Waals surface area contributed by atoms with Crippen LogP contribution in [0.15, 0.2) is 17.0 Å². The molecule has 0 amide bonds. The molecule has 23 heavy (non-hydrogen) atoms. The molecule has 0 spiro atoms. The number of piperidine rings is 1.